The first-order valence-corrected chi connectivity index (χ1v) is 6.97. The Morgan fingerprint density at radius 2 is 1.77 bits per heavy atom. The fourth-order valence-electron chi connectivity index (χ4n) is 2.28. The van der Waals surface area contributed by atoms with Crippen LogP contribution in [-0.4, -0.2) is 20.0 Å². The second-order valence-electron chi connectivity index (χ2n) is 4.65. The van der Waals surface area contributed by atoms with Crippen LogP contribution in [-0.2, 0) is 0 Å². The fourth-order valence-corrected chi connectivity index (χ4v) is 2.55. The molecule has 0 amide bonds. The maximum atomic E-state index is 12.6. The minimum absolute atomic E-state index is 0.203. The van der Waals surface area contributed by atoms with Gasteiger partial charge >= 0.3 is 0 Å². The summed E-state index contributed by atoms with van der Waals surface area (Å²) in [6.07, 6.45) is 1.67. The number of carbonyl (C=O) groups excluding carboxylic acids is 1. The van der Waals surface area contributed by atoms with Crippen molar-refractivity contribution >= 4 is 23.5 Å². The Balaban J connectivity index is 2.11. The van der Waals surface area contributed by atoms with Crippen LogP contribution < -0.4 is 14.2 Å². The summed E-state index contributed by atoms with van der Waals surface area (Å²) in [5, 5.41) is 0.253. The van der Waals surface area contributed by atoms with E-state index in [-0.39, 0.29) is 22.3 Å². The molecule has 0 saturated heterocycles. The number of ether oxygens (including phenoxy) is 3. The van der Waals surface area contributed by atoms with Crippen molar-refractivity contribution in [2.45, 2.75) is 0 Å². The van der Waals surface area contributed by atoms with E-state index in [1.165, 1.54) is 14.2 Å². The van der Waals surface area contributed by atoms with E-state index < -0.39 is 0 Å². The molecule has 2 aromatic rings. The topological polar surface area (TPSA) is 44.8 Å². The standard InChI is InChI=1S/C17H13ClO4/c1-20-11-9-12(21-2)15(18)17-14(11)16(19)13(22-17)8-10-6-4-3-5-7-10/h3-9H,1-2H3/b13-8+. The number of ketones is 1. The number of hydrogen-bond donors (Lipinski definition) is 0. The summed E-state index contributed by atoms with van der Waals surface area (Å²) in [7, 11) is 2.97. The van der Waals surface area contributed by atoms with E-state index in [1.54, 1.807) is 12.1 Å². The Kier molecular flexibility index (Phi) is 3.77. The van der Waals surface area contributed by atoms with Gasteiger partial charge in [0.25, 0.3) is 0 Å². The lowest BCUT2D eigenvalue weighted by Gasteiger charge is -2.10. The van der Waals surface area contributed by atoms with E-state index in [0.29, 0.717) is 17.1 Å². The average molecular weight is 317 g/mol. The largest absolute Gasteiger partial charge is 0.496 e. The van der Waals surface area contributed by atoms with Crippen LogP contribution in [0.15, 0.2) is 42.2 Å². The molecule has 1 heterocycles. The lowest BCUT2D eigenvalue weighted by molar-refractivity contribution is 0.101. The zero-order valence-electron chi connectivity index (χ0n) is 12.1. The zero-order valence-corrected chi connectivity index (χ0v) is 12.8. The first kappa shape index (κ1) is 14.5. The number of fused-ring (bicyclic) bond motifs is 1. The first-order valence-electron chi connectivity index (χ1n) is 6.59. The number of benzene rings is 2. The van der Waals surface area contributed by atoms with Crippen LogP contribution in [0.25, 0.3) is 6.08 Å². The highest BCUT2D eigenvalue weighted by Gasteiger charge is 2.35. The molecule has 0 saturated carbocycles. The molecule has 0 atom stereocenters. The molecule has 3 rings (SSSR count). The molecular formula is C17H13ClO4. The normalized spacial score (nSPS) is 14.7. The summed E-state index contributed by atoms with van der Waals surface area (Å²) in [6, 6.07) is 11.0. The summed E-state index contributed by atoms with van der Waals surface area (Å²) in [4.78, 5) is 12.6. The monoisotopic (exact) mass is 316 g/mol. The molecule has 0 fully saturated rings. The maximum Gasteiger partial charge on any atom is 0.235 e. The van der Waals surface area contributed by atoms with Crippen LogP contribution in [0.4, 0.5) is 0 Å². The van der Waals surface area contributed by atoms with Crippen molar-refractivity contribution in [3.8, 4) is 17.2 Å². The Hall–Kier alpha value is -2.46. The number of methoxy groups -OCH3 is 2. The van der Waals surface area contributed by atoms with E-state index in [0.717, 1.165) is 5.56 Å². The van der Waals surface area contributed by atoms with Crippen molar-refractivity contribution in [1.29, 1.82) is 0 Å². The van der Waals surface area contributed by atoms with Crippen LogP contribution in [0.3, 0.4) is 0 Å². The summed E-state index contributed by atoms with van der Waals surface area (Å²) in [5.74, 6) is 0.976. The third kappa shape index (κ3) is 2.31. The number of halogens is 1. The van der Waals surface area contributed by atoms with Crippen LogP contribution in [0.5, 0.6) is 17.2 Å². The van der Waals surface area contributed by atoms with Crippen LogP contribution in [0.2, 0.25) is 5.02 Å². The molecule has 2 aromatic carbocycles. The van der Waals surface area contributed by atoms with Crippen LogP contribution in [0.1, 0.15) is 15.9 Å². The quantitative estimate of drug-likeness (QED) is 0.804. The molecule has 5 heteroatoms. The molecule has 0 aromatic heterocycles. The number of rotatable bonds is 3. The molecule has 1 aliphatic heterocycles. The minimum Gasteiger partial charge on any atom is -0.496 e. The molecule has 0 radical (unpaired) electrons. The van der Waals surface area contributed by atoms with Crippen molar-refractivity contribution in [2.24, 2.45) is 0 Å². The van der Waals surface area contributed by atoms with E-state index >= 15 is 0 Å². The van der Waals surface area contributed by atoms with Crippen molar-refractivity contribution in [2.75, 3.05) is 14.2 Å². The van der Waals surface area contributed by atoms with Gasteiger partial charge in [0, 0.05) is 6.07 Å². The Bertz CT molecular complexity index is 766. The van der Waals surface area contributed by atoms with E-state index in [2.05, 4.69) is 0 Å². The van der Waals surface area contributed by atoms with E-state index in [9.17, 15) is 4.79 Å². The Morgan fingerprint density at radius 1 is 1.09 bits per heavy atom. The van der Waals surface area contributed by atoms with Gasteiger partial charge in [-0.05, 0) is 11.6 Å². The van der Waals surface area contributed by atoms with Gasteiger partial charge in [0.15, 0.2) is 11.5 Å². The van der Waals surface area contributed by atoms with Gasteiger partial charge in [0.2, 0.25) is 5.78 Å². The van der Waals surface area contributed by atoms with Gasteiger partial charge in [-0.15, -0.1) is 0 Å². The second-order valence-corrected chi connectivity index (χ2v) is 5.03. The lowest BCUT2D eigenvalue weighted by Crippen LogP contribution is -2.00. The molecule has 22 heavy (non-hydrogen) atoms. The maximum absolute atomic E-state index is 12.6. The molecule has 4 nitrogen and oxygen atoms in total. The van der Waals surface area contributed by atoms with Gasteiger partial charge in [-0.1, -0.05) is 41.9 Å². The third-order valence-corrected chi connectivity index (χ3v) is 3.71. The van der Waals surface area contributed by atoms with Gasteiger partial charge in [0.05, 0.1) is 14.2 Å². The van der Waals surface area contributed by atoms with E-state index in [1.807, 2.05) is 30.3 Å². The molecule has 112 valence electrons. The molecule has 1 aliphatic rings. The summed E-state index contributed by atoms with van der Waals surface area (Å²) < 4.78 is 16.1. The number of carbonyl (C=O) groups is 1. The van der Waals surface area contributed by atoms with E-state index in [4.69, 9.17) is 25.8 Å². The van der Waals surface area contributed by atoms with Crippen molar-refractivity contribution in [3.63, 3.8) is 0 Å². The molecule has 0 spiro atoms. The first-order chi connectivity index (χ1) is 10.7. The number of allylic oxidation sites excluding steroid dienone is 1. The smallest absolute Gasteiger partial charge is 0.235 e. The number of hydrogen-bond acceptors (Lipinski definition) is 4. The predicted molar refractivity (Wildman–Crippen MR) is 83.9 cm³/mol. The molecular weight excluding hydrogens is 304 g/mol. The van der Waals surface area contributed by atoms with Gasteiger partial charge < -0.3 is 14.2 Å². The molecule has 0 bridgehead atoms. The molecule has 0 unspecified atom stereocenters. The highest BCUT2D eigenvalue weighted by Crippen LogP contribution is 2.47. The predicted octanol–water partition coefficient (Wildman–Crippen LogP) is 3.97. The van der Waals surface area contributed by atoms with Crippen molar-refractivity contribution < 1.29 is 19.0 Å². The SMILES string of the molecule is COc1cc(OC)c2c(c1Cl)O/C(=C/c1ccccc1)C2=O. The third-order valence-electron chi connectivity index (χ3n) is 3.35. The average Bonchev–Trinajstić information content (AvgIpc) is 2.87. The second kappa shape index (κ2) is 5.73. The van der Waals surface area contributed by atoms with Crippen molar-refractivity contribution in [1.82, 2.24) is 0 Å². The van der Waals surface area contributed by atoms with Crippen LogP contribution in [0, 0.1) is 0 Å². The minimum atomic E-state index is -0.264. The summed E-state index contributed by atoms with van der Waals surface area (Å²) >= 11 is 6.23. The lowest BCUT2D eigenvalue weighted by atomic mass is 10.1. The summed E-state index contributed by atoms with van der Waals surface area (Å²) in [5.41, 5.74) is 1.18. The fraction of sp³-hybridized carbons (Fsp3) is 0.118. The molecule has 0 aliphatic carbocycles. The summed E-state index contributed by atoms with van der Waals surface area (Å²) in [6.45, 7) is 0. The number of Topliss-reactive ketones (excluding diaryl/α,β-unsaturated/α-hetero) is 1. The van der Waals surface area contributed by atoms with Crippen LogP contribution >= 0.6 is 11.6 Å². The zero-order chi connectivity index (χ0) is 15.7. The highest BCUT2D eigenvalue weighted by molar-refractivity contribution is 6.35. The Labute approximate surface area is 132 Å². The molecule has 0 N–H and O–H groups in total. The van der Waals surface area contributed by atoms with Gasteiger partial charge in [-0.25, -0.2) is 0 Å². The van der Waals surface area contributed by atoms with Gasteiger partial charge in [-0.2, -0.15) is 0 Å². The highest BCUT2D eigenvalue weighted by atomic mass is 35.5. The van der Waals surface area contributed by atoms with Crippen molar-refractivity contribution in [3.05, 3.63) is 58.3 Å². The van der Waals surface area contributed by atoms with Gasteiger partial charge in [-0.3, -0.25) is 4.79 Å². The van der Waals surface area contributed by atoms with Gasteiger partial charge in [0.1, 0.15) is 22.1 Å². The Morgan fingerprint density at radius 3 is 2.41 bits per heavy atom.